The van der Waals surface area contributed by atoms with Gasteiger partial charge in [0.1, 0.15) is 0 Å². The molecule has 0 fully saturated rings. The molecule has 1 aromatic rings. The third kappa shape index (κ3) is 4.30. The van der Waals surface area contributed by atoms with Gasteiger partial charge in [-0.2, -0.15) is 13.2 Å². The molecule has 8 heteroatoms. The molecule has 1 atom stereocenters. The number of nitrogen functional groups attached to an aromatic ring is 1. The number of hydrogen-bond donors (Lipinski definition) is 4. The monoisotopic (exact) mass is 291 g/mol. The van der Waals surface area contributed by atoms with Crippen molar-refractivity contribution in [3.05, 3.63) is 23.8 Å². The zero-order valence-electron chi connectivity index (χ0n) is 10.8. The van der Waals surface area contributed by atoms with E-state index in [9.17, 15) is 18.0 Å². The van der Waals surface area contributed by atoms with Gasteiger partial charge in [0.2, 0.25) is 0 Å². The summed E-state index contributed by atoms with van der Waals surface area (Å²) in [4.78, 5) is 11.5. The van der Waals surface area contributed by atoms with E-state index in [2.05, 4.69) is 10.6 Å². The van der Waals surface area contributed by atoms with Crippen molar-refractivity contribution in [1.29, 1.82) is 0 Å². The summed E-state index contributed by atoms with van der Waals surface area (Å²) in [7, 11) is 0. The van der Waals surface area contributed by atoms with E-state index in [4.69, 9.17) is 10.8 Å². The lowest BCUT2D eigenvalue weighted by Gasteiger charge is -2.17. The summed E-state index contributed by atoms with van der Waals surface area (Å²) in [5.74, 6) is -0.318. The summed E-state index contributed by atoms with van der Waals surface area (Å²) in [6, 6.07) is 4.18. The van der Waals surface area contributed by atoms with E-state index in [-0.39, 0.29) is 17.3 Å². The van der Waals surface area contributed by atoms with Crippen LogP contribution >= 0.6 is 0 Å². The first kappa shape index (κ1) is 16.1. The number of hydrogen-bond acceptors (Lipinski definition) is 4. The van der Waals surface area contributed by atoms with Crippen LogP contribution in [-0.2, 0) is 0 Å². The van der Waals surface area contributed by atoms with E-state index < -0.39 is 18.8 Å². The molecule has 1 amide bonds. The summed E-state index contributed by atoms with van der Waals surface area (Å²) in [5.41, 5.74) is 6.31. The first-order chi connectivity index (χ1) is 9.25. The number of rotatable bonds is 5. The quantitative estimate of drug-likeness (QED) is 0.617. The molecule has 112 valence electrons. The van der Waals surface area contributed by atoms with Gasteiger partial charge in [0, 0.05) is 18.7 Å². The Balaban J connectivity index is 2.72. The zero-order valence-corrected chi connectivity index (χ0v) is 10.8. The first-order valence-electron chi connectivity index (χ1n) is 5.92. The number of carbonyl (C=O) groups is 1. The highest BCUT2D eigenvalue weighted by Crippen LogP contribution is 2.23. The molecule has 0 aromatic heterocycles. The molecule has 0 saturated carbocycles. The number of nitrogens with two attached hydrogens (primary N) is 1. The van der Waals surface area contributed by atoms with Crippen LogP contribution in [0.25, 0.3) is 0 Å². The van der Waals surface area contributed by atoms with Crippen molar-refractivity contribution in [2.24, 2.45) is 0 Å². The number of aliphatic hydroxyl groups is 1. The minimum Gasteiger partial charge on any atom is -0.397 e. The van der Waals surface area contributed by atoms with Crippen molar-refractivity contribution in [2.45, 2.75) is 19.2 Å². The normalized spacial score (nSPS) is 12.8. The predicted octanol–water partition coefficient (Wildman–Crippen LogP) is 1.35. The Morgan fingerprint density at radius 2 is 2.10 bits per heavy atom. The highest BCUT2D eigenvalue weighted by atomic mass is 19.4. The van der Waals surface area contributed by atoms with E-state index in [0.717, 1.165) is 0 Å². The molecule has 0 bridgehead atoms. The molecule has 5 N–H and O–H groups in total. The van der Waals surface area contributed by atoms with E-state index in [0.29, 0.717) is 12.1 Å². The number of carbonyl (C=O) groups excluding carboxylic acids is 1. The molecule has 0 radical (unpaired) electrons. The molecular formula is C12H16F3N3O2. The third-order valence-electron chi connectivity index (χ3n) is 2.51. The second-order valence-electron chi connectivity index (χ2n) is 4.10. The van der Waals surface area contributed by atoms with Crippen molar-refractivity contribution in [2.75, 3.05) is 24.1 Å². The third-order valence-corrected chi connectivity index (χ3v) is 2.51. The fraction of sp³-hybridized carbons (Fsp3) is 0.417. The number of halogens is 3. The van der Waals surface area contributed by atoms with Gasteiger partial charge in [-0.05, 0) is 25.1 Å². The maximum Gasteiger partial charge on any atom is 0.416 e. The van der Waals surface area contributed by atoms with Gasteiger partial charge in [0.15, 0.2) is 6.10 Å². The van der Waals surface area contributed by atoms with Gasteiger partial charge in [-0.25, -0.2) is 0 Å². The van der Waals surface area contributed by atoms with Gasteiger partial charge in [0.25, 0.3) is 5.91 Å². The van der Waals surface area contributed by atoms with Crippen LogP contribution in [0.3, 0.4) is 0 Å². The number of anilines is 2. The SMILES string of the molecule is CCNC(=O)c1ccc(NCC(O)C(F)(F)F)c(N)c1. The van der Waals surface area contributed by atoms with Gasteiger partial charge >= 0.3 is 6.18 Å². The number of alkyl halides is 3. The molecule has 0 saturated heterocycles. The van der Waals surface area contributed by atoms with Crippen LogP contribution in [0.5, 0.6) is 0 Å². The van der Waals surface area contributed by atoms with Crippen molar-refractivity contribution in [3.63, 3.8) is 0 Å². The lowest BCUT2D eigenvalue weighted by molar-refractivity contribution is -0.198. The molecule has 0 aliphatic carbocycles. The van der Waals surface area contributed by atoms with Crippen LogP contribution in [0, 0.1) is 0 Å². The Morgan fingerprint density at radius 3 is 2.60 bits per heavy atom. The lowest BCUT2D eigenvalue weighted by atomic mass is 10.1. The van der Waals surface area contributed by atoms with Crippen molar-refractivity contribution in [1.82, 2.24) is 5.32 Å². The van der Waals surface area contributed by atoms with Crippen LogP contribution in [0.4, 0.5) is 24.5 Å². The second-order valence-corrected chi connectivity index (χ2v) is 4.10. The van der Waals surface area contributed by atoms with Crippen LogP contribution in [0.2, 0.25) is 0 Å². The average molecular weight is 291 g/mol. The largest absolute Gasteiger partial charge is 0.416 e. The van der Waals surface area contributed by atoms with Crippen LogP contribution in [-0.4, -0.2) is 36.4 Å². The van der Waals surface area contributed by atoms with Gasteiger partial charge in [-0.1, -0.05) is 0 Å². The Morgan fingerprint density at radius 1 is 1.45 bits per heavy atom. The number of aliphatic hydroxyl groups excluding tert-OH is 1. The highest BCUT2D eigenvalue weighted by Gasteiger charge is 2.37. The number of nitrogens with one attached hydrogen (secondary N) is 2. The minimum atomic E-state index is -4.69. The lowest BCUT2D eigenvalue weighted by Crippen LogP contribution is -2.35. The standard InChI is InChI=1S/C12H16F3N3O2/c1-2-17-11(20)7-3-4-9(8(16)5-7)18-6-10(19)12(13,14)15/h3-5,10,18-19H,2,6,16H2,1H3,(H,17,20). The average Bonchev–Trinajstić information content (AvgIpc) is 2.36. The number of benzene rings is 1. The summed E-state index contributed by atoms with van der Waals surface area (Å²) in [6.07, 6.45) is -7.17. The zero-order chi connectivity index (χ0) is 15.3. The van der Waals surface area contributed by atoms with E-state index >= 15 is 0 Å². The van der Waals surface area contributed by atoms with Gasteiger partial charge in [-0.15, -0.1) is 0 Å². The molecule has 5 nitrogen and oxygen atoms in total. The molecule has 1 aromatic carbocycles. The smallest absolute Gasteiger partial charge is 0.397 e. The van der Waals surface area contributed by atoms with Crippen molar-refractivity contribution < 1.29 is 23.1 Å². The topological polar surface area (TPSA) is 87.4 Å². The predicted molar refractivity (Wildman–Crippen MR) is 69.4 cm³/mol. The summed E-state index contributed by atoms with van der Waals surface area (Å²) < 4.78 is 36.4. The van der Waals surface area contributed by atoms with Crippen LogP contribution in [0.15, 0.2) is 18.2 Å². The van der Waals surface area contributed by atoms with Gasteiger partial charge < -0.3 is 21.5 Å². The van der Waals surface area contributed by atoms with Crippen molar-refractivity contribution in [3.8, 4) is 0 Å². The molecule has 0 spiro atoms. The summed E-state index contributed by atoms with van der Waals surface area (Å²) in [5, 5.41) is 13.8. The van der Waals surface area contributed by atoms with Crippen LogP contribution in [0.1, 0.15) is 17.3 Å². The Bertz CT molecular complexity index is 478. The van der Waals surface area contributed by atoms with Crippen LogP contribution < -0.4 is 16.4 Å². The Hall–Kier alpha value is -1.96. The summed E-state index contributed by atoms with van der Waals surface area (Å²) in [6.45, 7) is 1.50. The van der Waals surface area contributed by atoms with E-state index in [1.807, 2.05) is 0 Å². The van der Waals surface area contributed by atoms with E-state index in [1.54, 1.807) is 6.92 Å². The molecule has 20 heavy (non-hydrogen) atoms. The molecule has 1 rings (SSSR count). The Labute approximate surface area is 114 Å². The fourth-order valence-corrected chi connectivity index (χ4v) is 1.45. The molecule has 0 heterocycles. The minimum absolute atomic E-state index is 0.128. The molecule has 0 aliphatic rings. The van der Waals surface area contributed by atoms with Gasteiger partial charge in [0.05, 0.1) is 11.4 Å². The van der Waals surface area contributed by atoms with E-state index in [1.165, 1.54) is 18.2 Å². The maximum absolute atomic E-state index is 12.1. The second kappa shape index (κ2) is 6.47. The maximum atomic E-state index is 12.1. The van der Waals surface area contributed by atoms with Gasteiger partial charge in [-0.3, -0.25) is 4.79 Å². The molecule has 0 aliphatic heterocycles. The number of amides is 1. The molecular weight excluding hydrogens is 275 g/mol. The fourth-order valence-electron chi connectivity index (χ4n) is 1.45. The first-order valence-corrected chi connectivity index (χ1v) is 5.92. The summed E-state index contributed by atoms with van der Waals surface area (Å²) >= 11 is 0. The Kier molecular flexibility index (Phi) is 5.20. The van der Waals surface area contributed by atoms with Crippen molar-refractivity contribution >= 4 is 17.3 Å². The molecule has 1 unspecified atom stereocenters. The highest BCUT2D eigenvalue weighted by molar-refractivity contribution is 5.96.